The van der Waals surface area contributed by atoms with Gasteiger partial charge >= 0.3 is 0.282 Å². The van der Waals surface area contributed by atoms with Crippen LogP contribution < -0.4 is 36.2 Å². The first-order valence-corrected chi connectivity index (χ1v) is 46.0. The number of benzene rings is 10. The van der Waals surface area contributed by atoms with Crippen molar-refractivity contribution in [3.63, 3.8) is 0 Å². The fraction of sp³-hybridized carbons (Fsp3) is 0.370. The Morgan fingerprint density at radius 1 is 0.372 bits per heavy atom. The quantitative estimate of drug-likeness (QED) is 0.110. The molecule has 18 rings (SSSR count). The van der Waals surface area contributed by atoms with Crippen molar-refractivity contribution in [1.29, 1.82) is 0 Å². The Kier molecular flexibility index (Phi) is 17.3. The molecule has 0 unspecified atom stereocenters. The Morgan fingerprint density at radius 3 is 1.34 bits per heavy atom. The molecule has 14 aromatic rings. The number of nitrogens with zero attached hydrogens (tertiary/aromatic N) is 4. The molecular weight excluding hydrogens is 1820 g/mol. The molecule has 624 valence electrons. The molecule has 6 heterocycles. The van der Waals surface area contributed by atoms with Crippen LogP contribution in [0.5, 0.6) is 0 Å². The standard InChI is InChI=1S/C54H59BN2O2.C54H62N2O2.BI3/c1-50(2,3)33-14-18-36(19-15-33)56-42-26-32-22-25-58-45(32)31-41(42)55-47-43(56)27-35(52(7,8)9)28-44(47)57(37-20-16-34(17-21-37)51(4,5)6)48-38-29-39-40(30-46(38)59-49(48)55)54(12,13)24-23-53(39,10)11;1-50(2,3)36-14-18-39(19-15-36)55(41-22-23-48-35(28-41)24-27-57-48)42-29-38(52(7,8)9)30-43(31-42)56(40-20-16-37(17-21-40)51(4,5)6)47-34-58-49-33-46-45(32-44(47)49)53(10,11)25-26-54(46,12)13;2-1(3)4/h14-22,25-31H,23-24H2,1-13H3;14-24,27-34H,25-26H2,1-13H3;/i14D,15D,18D,19D,22D,25D,26D,31D;14D,15D,18D,19D,23D,24D,27D,28D;. The van der Waals surface area contributed by atoms with Gasteiger partial charge in [0.1, 0.15) is 31.3 Å². The van der Waals surface area contributed by atoms with Gasteiger partial charge in [0.25, 0.3) is 6.71 Å². The van der Waals surface area contributed by atoms with Gasteiger partial charge in [-0.1, -0.05) is 228 Å². The third kappa shape index (κ3) is 16.3. The van der Waals surface area contributed by atoms with Crippen molar-refractivity contribution < 1.29 is 39.6 Å². The molecule has 0 bridgehead atoms. The van der Waals surface area contributed by atoms with E-state index >= 15 is 0 Å². The van der Waals surface area contributed by atoms with E-state index in [1.54, 1.807) is 11.2 Å². The molecular formula is C108H121B2I3N4O4. The van der Waals surface area contributed by atoms with Gasteiger partial charge in [0.15, 0.2) is 0 Å². The van der Waals surface area contributed by atoms with E-state index < -0.39 is 40.9 Å². The summed E-state index contributed by atoms with van der Waals surface area (Å²) in [6.07, 6.45) is 4.96. The lowest BCUT2D eigenvalue weighted by molar-refractivity contribution is 0.332. The van der Waals surface area contributed by atoms with Crippen LogP contribution in [0.3, 0.4) is 0 Å². The summed E-state index contributed by atoms with van der Waals surface area (Å²) in [5.41, 5.74) is 15.2. The Bertz CT molecular complexity index is 7280. The monoisotopic (exact) mass is 1960 g/mol. The van der Waals surface area contributed by atoms with Crippen LogP contribution >= 0.6 is 67.1 Å². The second kappa shape index (κ2) is 30.6. The van der Waals surface area contributed by atoms with E-state index in [1.165, 1.54) is 38.8 Å². The number of halogens is 3. The smallest absolute Gasteiger partial charge is 0.355 e. The van der Waals surface area contributed by atoms with Crippen molar-refractivity contribution in [3.8, 4) is 0 Å². The number of hydrogen-bond donors (Lipinski definition) is 0. The highest BCUT2D eigenvalue weighted by molar-refractivity contribution is 14.4. The van der Waals surface area contributed by atoms with Crippen molar-refractivity contribution in [1.82, 2.24) is 0 Å². The second-order valence-electron chi connectivity index (χ2n) is 42.4. The summed E-state index contributed by atoms with van der Waals surface area (Å²) in [5, 5.41) is 1.76. The van der Waals surface area contributed by atoms with E-state index in [0.717, 1.165) is 87.4 Å². The molecule has 2 aliphatic heterocycles. The first-order valence-electron chi connectivity index (χ1n) is 50.2. The molecule has 0 fully saturated rings. The average molecular weight is 1960 g/mol. The predicted octanol–water partition coefficient (Wildman–Crippen LogP) is 32.1. The van der Waals surface area contributed by atoms with Gasteiger partial charge in [-0.3, -0.25) is 0 Å². The summed E-state index contributed by atoms with van der Waals surface area (Å²) in [5.74, 6) is 0. The predicted molar refractivity (Wildman–Crippen MR) is 546 cm³/mol. The van der Waals surface area contributed by atoms with Gasteiger partial charge in [-0.05, 0) is 292 Å². The lowest BCUT2D eigenvalue weighted by Gasteiger charge is -2.43. The molecule has 4 aromatic heterocycles. The third-order valence-corrected chi connectivity index (χ3v) is 25.3. The summed E-state index contributed by atoms with van der Waals surface area (Å²) in [6, 6.07) is 34.2. The van der Waals surface area contributed by atoms with E-state index in [-0.39, 0.29) is 173 Å². The van der Waals surface area contributed by atoms with E-state index in [2.05, 4.69) is 300 Å². The number of furan rings is 4. The summed E-state index contributed by atoms with van der Waals surface area (Å²) >= 11 is 6.95. The molecule has 0 spiro atoms. The molecule has 2 aliphatic carbocycles. The van der Waals surface area contributed by atoms with Crippen molar-refractivity contribution >= 4 is 203 Å². The highest BCUT2D eigenvalue weighted by Gasteiger charge is 2.49. The largest absolute Gasteiger partial charge is 0.468 e. The molecule has 0 amide bonds. The minimum atomic E-state index is -0.839. The SMILES string of the molecule is IB(I)I.[2H]c1oc2c([2H])c3c(c([2H])c2c1[2H])N(c1c([2H])c([2H])c(C(C)(C)C)c([2H])c1[2H])c1cc(C(C)(C)C)cc2c1B3c1oc3cc4c(cc3c1N2c1ccc(C(C)(C)C)cc1)C(C)(C)CCC4(C)C.[2H]c1oc2c([2H])cc(N(c3cc(N(c4ccc(C(C)(C)C)cc4)c4coc5cc6c(cc45)C(C)(C)CCC6(C)C)cc(C(C)(C)C)c3)c3c([2H])c([2H])c(C(C)(C)C)c([2H])c3[2H])c([2H])c2c1[2H]. The molecule has 121 heavy (non-hydrogen) atoms. The number of rotatable bonds is 8. The maximum absolute atomic E-state index is 10.1. The topological polar surface area (TPSA) is 65.5 Å². The van der Waals surface area contributed by atoms with Crippen molar-refractivity contribution in [2.45, 2.75) is 260 Å². The van der Waals surface area contributed by atoms with Crippen LogP contribution in [0.4, 0.5) is 68.2 Å². The van der Waals surface area contributed by atoms with Crippen molar-refractivity contribution in [2.75, 3.05) is 19.6 Å². The maximum atomic E-state index is 10.1. The maximum Gasteiger partial charge on any atom is 0.355 e. The number of hydrogen-bond acceptors (Lipinski definition) is 8. The van der Waals surface area contributed by atoms with Gasteiger partial charge in [0, 0.05) is 78.4 Å². The summed E-state index contributed by atoms with van der Waals surface area (Å²) in [6.45, 7) is 54.5. The molecule has 10 aromatic carbocycles. The zero-order valence-corrected chi connectivity index (χ0v) is 81.5. The molecule has 0 saturated heterocycles. The Hall–Kier alpha value is -8.12. The molecule has 0 radical (unpaired) electrons. The molecule has 4 aliphatic rings. The van der Waals surface area contributed by atoms with Gasteiger partial charge in [-0.2, -0.15) is 0 Å². The van der Waals surface area contributed by atoms with E-state index in [0.29, 0.717) is 39.2 Å². The molecule has 8 nitrogen and oxygen atoms in total. The zero-order valence-electron chi connectivity index (χ0n) is 91.0. The lowest BCUT2D eigenvalue weighted by Crippen LogP contribution is -2.61. The summed E-state index contributed by atoms with van der Waals surface area (Å²) < 4.78 is 176. The van der Waals surface area contributed by atoms with Crippen LogP contribution in [0, 0.1) is 0 Å². The van der Waals surface area contributed by atoms with Gasteiger partial charge in [0.05, 0.1) is 48.7 Å². The number of fused-ring (bicyclic) bond motifs is 11. The van der Waals surface area contributed by atoms with Gasteiger partial charge < -0.3 is 37.3 Å². The molecule has 0 atom stereocenters. The van der Waals surface area contributed by atoms with E-state index in [9.17, 15) is 15.1 Å². The van der Waals surface area contributed by atoms with Crippen LogP contribution in [0.2, 0.25) is 0 Å². The first-order chi connectivity index (χ1) is 63.1. The van der Waals surface area contributed by atoms with Crippen molar-refractivity contribution in [3.05, 3.63) is 268 Å². The molecule has 0 saturated carbocycles. The third-order valence-electron chi connectivity index (χ3n) is 25.3. The first kappa shape index (κ1) is 68.3. The van der Waals surface area contributed by atoms with Crippen LogP contribution in [0.25, 0.3) is 43.9 Å². The van der Waals surface area contributed by atoms with Crippen LogP contribution in [-0.2, 0) is 54.1 Å². The summed E-state index contributed by atoms with van der Waals surface area (Å²) in [4.78, 5) is 7.58. The lowest BCUT2D eigenvalue weighted by atomic mass is 9.35. The van der Waals surface area contributed by atoms with Crippen LogP contribution in [-0.4, -0.2) is 6.99 Å². The fourth-order valence-corrected chi connectivity index (χ4v) is 17.6. The minimum Gasteiger partial charge on any atom is -0.468 e. The highest BCUT2D eigenvalue weighted by Crippen LogP contribution is 2.56. The fourth-order valence-electron chi connectivity index (χ4n) is 17.6. The highest BCUT2D eigenvalue weighted by atomic mass is 127. The Labute approximate surface area is 784 Å². The van der Waals surface area contributed by atoms with E-state index in [1.807, 2.05) is 59.7 Å². The Balaban J connectivity index is 0.000000191. The minimum absolute atomic E-state index is 0.0330. The second-order valence-corrected chi connectivity index (χ2v) is 53.3. The van der Waals surface area contributed by atoms with Crippen LogP contribution in [0.1, 0.15) is 283 Å². The average Bonchev–Trinajstić information content (AvgIpc) is 1.64. The van der Waals surface area contributed by atoms with Gasteiger partial charge in [-0.15, -0.1) is 67.1 Å². The Morgan fingerprint density at radius 2 is 0.818 bits per heavy atom. The molecule has 0 N–H and O–H groups in total. The number of anilines is 12. The van der Waals surface area contributed by atoms with Crippen molar-refractivity contribution in [2.24, 2.45) is 0 Å². The molecule has 13 heteroatoms. The normalized spacial score (nSPS) is 17.7. The van der Waals surface area contributed by atoms with Crippen LogP contribution in [0.15, 0.2) is 230 Å². The van der Waals surface area contributed by atoms with E-state index in [4.69, 9.17) is 24.5 Å². The zero-order chi connectivity index (χ0) is 101. The summed E-state index contributed by atoms with van der Waals surface area (Å²) in [7, 11) is 0. The van der Waals surface area contributed by atoms with Gasteiger partial charge in [0.2, 0.25) is 0 Å². The van der Waals surface area contributed by atoms with Gasteiger partial charge in [-0.25, -0.2) is 0 Å².